The zero-order chi connectivity index (χ0) is 33.0. The van der Waals surface area contributed by atoms with Gasteiger partial charge in [-0.15, -0.1) is 5.53 Å². The van der Waals surface area contributed by atoms with E-state index in [1.807, 2.05) is 18.2 Å². The lowest BCUT2D eigenvalue weighted by Crippen LogP contribution is -2.52. The maximum Gasteiger partial charge on any atom is 0.165 e. The molecule has 0 amide bonds. The number of hydrogen-bond acceptors (Lipinski definition) is 9. The summed E-state index contributed by atoms with van der Waals surface area (Å²) in [5.41, 5.74) is 10.3. The molecular formula is C34H38Cl2FN9. The number of hydrogen-bond donors (Lipinski definition) is 4. The molecule has 0 bridgehead atoms. The summed E-state index contributed by atoms with van der Waals surface area (Å²) in [6.45, 7) is 13.2. The molecule has 0 aliphatic carbocycles. The van der Waals surface area contributed by atoms with Crippen LogP contribution in [0.2, 0.25) is 10.0 Å². The number of fused-ring (bicyclic) bond motifs is 1. The maximum atomic E-state index is 14.9. The Morgan fingerprint density at radius 1 is 1.24 bits per heavy atom. The normalized spacial score (nSPS) is 16.9. The highest BCUT2D eigenvalue weighted by molar-refractivity contribution is 6.36. The lowest BCUT2D eigenvalue weighted by Gasteiger charge is -2.42. The summed E-state index contributed by atoms with van der Waals surface area (Å²) in [6.07, 6.45) is 11.0. The van der Waals surface area contributed by atoms with Gasteiger partial charge in [0.1, 0.15) is 6.07 Å². The molecule has 4 N–H and O–H groups in total. The van der Waals surface area contributed by atoms with Gasteiger partial charge in [-0.3, -0.25) is 19.9 Å². The van der Waals surface area contributed by atoms with E-state index in [0.717, 1.165) is 37.2 Å². The van der Waals surface area contributed by atoms with Gasteiger partial charge in [-0.2, -0.15) is 5.26 Å². The summed E-state index contributed by atoms with van der Waals surface area (Å²) >= 11 is 12.8. The third-order valence-corrected chi connectivity index (χ3v) is 8.79. The Morgan fingerprint density at radius 3 is 2.70 bits per heavy atom. The molecule has 0 unspecified atom stereocenters. The van der Waals surface area contributed by atoms with Crippen LogP contribution in [0.4, 0.5) is 21.5 Å². The van der Waals surface area contributed by atoms with Crippen molar-refractivity contribution in [2.45, 2.75) is 51.2 Å². The Hall–Kier alpha value is -4.14. The molecule has 2 aromatic carbocycles. The van der Waals surface area contributed by atoms with Crippen LogP contribution in [0.3, 0.4) is 0 Å². The number of nitrogens with zero attached hydrogens (tertiary/aromatic N) is 5. The fourth-order valence-corrected chi connectivity index (χ4v) is 6.13. The van der Waals surface area contributed by atoms with Crippen LogP contribution >= 0.6 is 23.2 Å². The number of likely N-dealkylation sites (tertiary alicyclic amines) is 1. The number of allylic oxidation sites excluding steroid dienone is 1. The number of aromatic nitrogens is 1. The molecule has 1 atom stereocenters. The van der Waals surface area contributed by atoms with E-state index in [1.54, 1.807) is 31.5 Å². The first-order chi connectivity index (χ1) is 22.0. The Labute approximate surface area is 279 Å². The first-order valence-corrected chi connectivity index (χ1v) is 15.8. The van der Waals surface area contributed by atoms with Crippen LogP contribution in [-0.4, -0.2) is 58.9 Å². The van der Waals surface area contributed by atoms with E-state index >= 15 is 0 Å². The third kappa shape index (κ3) is 7.29. The minimum absolute atomic E-state index is 0.0375. The van der Waals surface area contributed by atoms with Crippen molar-refractivity contribution in [3.63, 3.8) is 0 Å². The molecule has 9 nitrogen and oxygen atoms in total. The number of piperidine rings is 1. The molecule has 12 heteroatoms. The van der Waals surface area contributed by atoms with E-state index < -0.39 is 11.9 Å². The molecule has 1 fully saturated rings. The van der Waals surface area contributed by atoms with Gasteiger partial charge in [-0.05, 0) is 69.5 Å². The summed E-state index contributed by atoms with van der Waals surface area (Å²) in [5.74, 6) is -0.627. The number of nitriles is 1. The molecule has 3 heterocycles. The second-order valence-corrected chi connectivity index (χ2v) is 13.1. The Kier molecular flexibility index (Phi) is 10.2. The predicted octanol–water partition coefficient (Wildman–Crippen LogP) is 7.32. The van der Waals surface area contributed by atoms with Crippen molar-refractivity contribution in [1.29, 1.82) is 5.26 Å². The quantitative estimate of drug-likeness (QED) is 0.140. The van der Waals surface area contributed by atoms with Crippen molar-refractivity contribution >= 4 is 57.4 Å². The largest absolute Gasteiger partial charge is 0.373 e. The second-order valence-electron chi connectivity index (χ2n) is 12.3. The van der Waals surface area contributed by atoms with E-state index in [1.165, 1.54) is 12.3 Å². The molecule has 5 rings (SSSR count). The lowest BCUT2D eigenvalue weighted by atomic mass is 9.98. The van der Waals surface area contributed by atoms with E-state index in [9.17, 15) is 9.65 Å². The number of rotatable bonds is 9. The molecule has 0 saturated carbocycles. The van der Waals surface area contributed by atoms with Gasteiger partial charge < -0.3 is 16.1 Å². The summed E-state index contributed by atoms with van der Waals surface area (Å²) in [6, 6.07) is 10.3. The summed E-state index contributed by atoms with van der Waals surface area (Å²) in [4.78, 5) is 11.0. The molecule has 1 aromatic heterocycles. The number of hydrazine groups is 2. The van der Waals surface area contributed by atoms with Crippen LogP contribution in [0, 0.1) is 17.1 Å². The topological polar surface area (TPSA) is 104 Å². The van der Waals surface area contributed by atoms with Gasteiger partial charge in [0.25, 0.3) is 0 Å². The van der Waals surface area contributed by atoms with Crippen LogP contribution in [0.1, 0.15) is 39.2 Å². The van der Waals surface area contributed by atoms with Crippen molar-refractivity contribution in [3.8, 4) is 6.07 Å². The van der Waals surface area contributed by atoms with Gasteiger partial charge in [0.05, 0.1) is 44.2 Å². The lowest BCUT2D eigenvalue weighted by molar-refractivity contribution is 0.0570. The molecule has 46 heavy (non-hydrogen) atoms. The zero-order valence-electron chi connectivity index (χ0n) is 26.3. The number of aliphatic imine (C=N–C) groups is 1. The molecular weight excluding hydrogens is 624 g/mol. The van der Waals surface area contributed by atoms with Crippen LogP contribution in [0.25, 0.3) is 10.9 Å². The SMILES string of the molecule is C=C(/C=C\C=NC)[C@H](Nc1cc(Cl)c2ncc(C#N)c(Nc3cccc(Cl)c3F)c2c1)C1=CN(C2CCN(C(C)(C)C)CC2)NN1. The van der Waals surface area contributed by atoms with Crippen LogP contribution in [-0.2, 0) is 0 Å². The van der Waals surface area contributed by atoms with Gasteiger partial charge in [0.15, 0.2) is 5.82 Å². The minimum atomic E-state index is -0.627. The third-order valence-electron chi connectivity index (χ3n) is 8.21. The number of benzene rings is 2. The van der Waals surface area contributed by atoms with Crippen molar-refractivity contribution in [2.75, 3.05) is 30.8 Å². The minimum Gasteiger partial charge on any atom is -0.373 e. The number of anilines is 3. The number of nitrogens with one attached hydrogen (secondary N) is 4. The summed E-state index contributed by atoms with van der Waals surface area (Å²) < 4.78 is 14.9. The average Bonchev–Trinajstić information content (AvgIpc) is 3.52. The smallest absolute Gasteiger partial charge is 0.165 e. The Balaban J connectivity index is 1.48. The molecule has 3 aromatic rings. The van der Waals surface area contributed by atoms with E-state index in [-0.39, 0.29) is 21.8 Å². The average molecular weight is 663 g/mol. The van der Waals surface area contributed by atoms with Gasteiger partial charge in [0, 0.05) is 61.4 Å². The van der Waals surface area contributed by atoms with Crippen LogP contribution in [0.15, 0.2) is 77.7 Å². The van der Waals surface area contributed by atoms with Gasteiger partial charge in [0.2, 0.25) is 0 Å². The van der Waals surface area contributed by atoms with Crippen molar-refractivity contribution in [1.82, 2.24) is 25.9 Å². The zero-order valence-corrected chi connectivity index (χ0v) is 27.8. The fourth-order valence-electron chi connectivity index (χ4n) is 5.68. The first-order valence-electron chi connectivity index (χ1n) is 15.0. The maximum absolute atomic E-state index is 14.9. The molecule has 2 aliphatic heterocycles. The van der Waals surface area contributed by atoms with E-state index in [2.05, 4.69) is 81.1 Å². The highest BCUT2D eigenvalue weighted by Crippen LogP contribution is 2.37. The molecule has 240 valence electrons. The van der Waals surface area contributed by atoms with Gasteiger partial charge in [-0.1, -0.05) is 41.9 Å². The standard InChI is InChI=1S/C34H38Cl2FN9/c1-21(8-7-13-39-5)31(29-20-46(44-43-29)24-11-14-45(15-12-24)34(2,3)4)41-23-16-25-32(42-28-10-6-9-26(35)30(28)37)22(18-38)19-40-33(25)27(36)17-23/h6-10,13,16-17,19-20,24,31,41,43-44H,1,11-12,14-15H2,2-5H3,(H,40,42)/b8-7-,39-13?/t31-/m0/s1. The summed E-state index contributed by atoms with van der Waals surface area (Å²) in [5, 5.41) is 19.5. The van der Waals surface area contributed by atoms with E-state index in [0.29, 0.717) is 33.3 Å². The predicted molar refractivity (Wildman–Crippen MR) is 187 cm³/mol. The fraction of sp³-hybridized carbons (Fsp3) is 0.324. The highest BCUT2D eigenvalue weighted by Gasteiger charge is 2.32. The first kappa shape index (κ1) is 33.2. The van der Waals surface area contributed by atoms with E-state index in [4.69, 9.17) is 23.2 Å². The van der Waals surface area contributed by atoms with Gasteiger partial charge in [-0.25, -0.2) is 4.39 Å². The van der Waals surface area contributed by atoms with Crippen molar-refractivity contribution < 1.29 is 4.39 Å². The molecule has 2 aliphatic rings. The Bertz CT molecular complexity index is 1750. The second kappa shape index (κ2) is 14.1. The van der Waals surface area contributed by atoms with Crippen molar-refractivity contribution in [3.05, 3.63) is 94.2 Å². The van der Waals surface area contributed by atoms with Crippen LogP contribution in [0.5, 0.6) is 0 Å². The van der Waals surface area contributed by atoms with Crippen molar-refractivity contribution in [2.24, 2.45) is 4.99 Å². The number of halogens is 3. The van der Waals surface area contributed by atoms with Gasteiger partial charge >= 0.3 is 0 Å². The highest BCUT2D eigenvalue weighted by atomic mass is 35.5. The number of pyridine rings is 1. The Morgan fingerprint density at radius 2 is 2.00 bits per heavy atom. The monoisotopic (exact) mass is 661 g/mol. The molecule has 0 spiro atoms. The molecule has 0 radical (unpaired) electrons. The molecule has 1 saturated heterocycles. The van der Waals surface area contributed by atoms with Crippen LogP contribution < -0.4 is 21.6 Å². The summed E-state index contributed by atoms with van der Waals surface area (Å²) in [7, 11) is 1.71.